The highest BCUT2D eigenvalue weighted by atomic mass is 16.4. The molecule has 0 bridgehead atoms. The number of carbonyl (C=O) groups excluding carboxylic acids is 1. The van der Waals surface area contributed by atoms with Crippen LogP contribution in [0.4, 0.5) is 5.69 Å². The number of nitrogens with zero attached hydrogens (tertiary/aromatic N) is 5. The van der Waals surface area contributed by atoms with E-state index in [0.717, 1.165) is 36.2 Å². The van der Waals surface area contributed by atoms with Crippen LogP contribution in [0, 0.1) is 0 Å². The van der Waals surface area contributed by atoms with E-state index < -0.39 is 0 Å². The van der Waals surface area contributed by atoms with Crippen LogP contribution in [0.1, 0.15) is 30.1 Å². The van der Waals surface area contributed by atoms with Gasteiger partial charge in [0.15, 0.2) is 0 Å². The van der Waals surface area contributed by atoms with Gasteiger partial charge < -0.3 is 9.73 Å². The fourth-order valence-electron chi connectivity index (χ4n) is 3.14. The topological polar surface area (TPSA) is 98.7 Å². The van der Waals surface area contributed by atoms with E-state index in [-0.39, 0.29) is 11.8 Å². The van der Waals surface area contributed by atoms with Gasteiger partial charge in [0, 0.05) is 18.3 Å². The normalized spacial score (nSPS) is 16.6. The molecular formula is C16H16N6O2. The fraction of sp³-hybridized carbons (Fsp3) is 0.312. The summed E-state index contributed by atoms with van der Waals surface area (Å²) in [5.41, 5.74) is 3.28. The first-order valence-electron chi connectivity index (χ1n) is 7.78. The Morgan fingerprint density at radius 3 is 3.12 bits per heavy atom. The van der Waals surface area contributed by atoms with Crippen molar-refractivity contribution in [3.05, 3.63) is 42.0 Å². The average molecular weight is 324 g/mol. The lowest BCUT2D eigenvalue weighted by Gasteiger charge is -2.21. The Morgan fingerprint density at radius 1 is 1.38 bits per heavy atom. The molecule has 1 aliphatic rings. The molecule has 0 radical (unpaired) electrons. The molecule has 0 spiro atoms. The molecule has 24 heavy (non-hydrogen) atoms. The summed E-state index contributed by atoms with van der Waals surface area (Å²) >= 11 is 0. The van der Waals surface area contributed by atoms with Gasteiger partial charge in [0.1, 0.15) is 0 Å². The summed E-state index contributed by atoms with van der Waals surface area (Å²) in [5.74, 6) is 0.131. The molecule has 122 valence electrons. The second kappa shape index (κ2) is 5.88. The van der Waals surface area contributed by atoms with Crippen molar-refractivity contribution in [1.29, 1.82) is 0 Å². The maximum atomic E-state index is 12.7. The maximum Gasteiger partial charge on any atom is 0.247 e. The van der Waals surface area contributed by atoms with Gasteiger partial charge >= 0.3 is 0 Å². The molecule has 4 rings (SSSR count). The number of nitrogens with one attached hydrogen (secondary N) is 1. The summed E-state index contributed by atoms with van der Waals surface area (Å²) in [6, 6.07) is 7.35. The smallest absolute Gasteiger partial charge is 0.247 e. The molecule has 2 heterocycles. The SMILES string of the molecule is Cn1nnc2c1C(C(=O)Nc1cccc(-c3nnco3)c1)CCC2. The number of aromatic nitrogens is 5. The zero-order valence-corrected chi connectivity index (χ0v) is 13.1. The van der Waals surface area contributed by atoms with E-state index >= 15 is 0 Å². The van der Waals surface area contributed by atoms with Gasteiger partial charge in [-0.25, -0.2) is 0 Å². The second-order valence-corrected chi connectivity index (χ2v) is 5.80. The molecule has 8 heteroatoms. The van der Waals surface area contributed by atoms with Crippen molar-refractivity contribution in [3.63, 3.8) is 0 Å². The quantitative estimate of drug-likeness (QED) is 0.790. The van der Waals surface area contributed by atoms with Gasteiger partial charge in [-0.1, -0.05) is 11.3 Å². The van der Waals surface area contributed by atoms with Crippen LogP contribution < -0.4 is 5.32 Å². The van der Waals surface area contributed by atoms with Crippen molar-refractivity contribution in [2.24, 2.45) is 7.05 Å². The third-order valence-corrected chi connectivity index (χ3v) is 4.23. The minimum Gasteiger partial charge on any atom is -0.423 e. The highest BCUT2D eigenvalue weighted by Gasteiger charge is 2.31. The lowest BCUT2D eigenvalue weighted by molar-refractivity contribution is -0.118. The Bertz CT molecular complexity index is 871. The van der Waals surface area contributed by atoms with Crippen molar-refractivity contribution in [1.82, 2.24) is 25.2 Å². The number of amides is 1. The molecule has 1 aromatic carbocycles. The van der Waals surface area contributed by atoms with E-state index in [4.69, 9.17) is 4.42 Å². The molecule has 1 amide bonds. The lowest BCUT2D eigenvalue weighted by atomic mass is 9.89. The molecule has 3 aromatic rings. The van der Waals surface area contributed by atoms with Gasteiger partial charge in [-0.05, 0) is 37.5 Å². The van der Waals surface area contributed by atoms with E-state index in [1.807, 2.05) is 31.3 Å². The molecule has 1 N–H and O–H groups in total. The van der Waals surface area contributed by atoms with E-state index in [1.165, 1.54) is 6.39 Å². The minimum atomic E-state index is -0.235. The van der Waals surface area contributed by atoms with E-state index in [2.05, 4.69) is 25.8 Å². The molecule has 0 saturated heterocycles. The first kappa shape index (κ1) is 14.6. The number of hydrogen-bond acceptors (Lipinski definition) is 6. The fourth-order valence-corrected chi connectivity index (χ4v) is 3.14. The third-order valence-electron chi connectivity index (χ3n) is 4.23. The molecular weight excluding hydrogens is 308 g/mol. The van der Waals surface area contributed by atoms with Crippen LogP contribution in [0.15, 0.2) is 35.1 Å². The van der Waals surface area contributed by atoms with E-state index in [9.17, 15) is 4.79 Å². The molecule has 1 atom stereocenters. The van der Waals surface area contributed by atoms with E-state index in [1.54, 1.807) is 4.68 Å². The summed E-state index contributed by atoms with van der Waals surface area (Å²) in [5, 5.41) is 18.7. The van der Waals surface area contributed by atoms with Gasteiger partial charge in [-0.2, -0.15) is 0 Å². The predicted molar refractivity (Wildman–Crippen MR) is 85.0 cm³/mol. The van der Waals surface area contributed by atoms with Crippen LogP contribution in [-0.2, 0) is 18.3 Å². The van der Waals surface area contributed by atoms with Crippen LogP contribution >= 0.6 is 0 Å². The Labute approximate surface area is 137 Å². The second-order valence-electron chi connectivity index (χ2n) is 5.80. The number of anilines is 1. The number of fused-ring (bicyclic) bond motifs is 1. The first-order valence-corrected chi connectivity index (χ1v) is 7.78. The van der Waals surface area contributed by atoms with Crippen molar-refractivity contribution in [2.75, 3.05) is 5.32 Å². The van der Waals surface area contributed by atoms with Gasteiger partial charge in [0.25, 0.3) is 0 Å². The monoisotopic (exact) mass is 324 g/mol. The van der Waals surface area contributed by atoms with Crippen molar-refractivity contribution >= 4 is 11.6 Å². The van der Waals surface area contributed by atoms with Crippen molar-refractivity contribution in [2.45, 2.75) is 25.2 Å². The molecule has 8 nitrogen and oxygen atoms in total. The predicted octanol–water partition coefficient (Wildman–Crippen LogP) is 1.92. The highest BCUT2D eigenvalue weighted by molar-refractivity contribution is 5.96. The largest absolute Gasteiger partial charge is 0.423 e. The lowest BCUT2D eigenvalue weighted by Crippen LogP contribution is -2.26. The average Bonchev–Trinajstić information content (AvgIpc) is 3.25. The molecule has 1 aliphatic carbocycles. The summed E-state index contributed by atoms with van der Waals surface area (Å²) in [6.07, 6.45) is 3.88. The summed E-state index contributed by atoms with van der Waals surface area (Å²) < 4.78 is 6.89. The summed E-state index contributed by atoms with van der Waals surface area (Å²) in [7, 11) is 1.83. The third kappa shape index (κ3) is 2.55. The van der Waals surface area contributed by atoms with E-state index in [0.29, 0.717) is 11.6 Å². The molecule has 0 aliphatic heterocycles. The number of carbonyl (C=O) groups is 1. The first-order chi connectivity index (χ1) is 11.7. The van der Waals surface area contributed by atoms with Crippen LogP contribution in [0.3, 0.4) is 0 Å². The maximum absolute atomic E-state index is 12.7. The number of rotatable bonds is 3. The summed E-state index contributed by atoms with van der Waals surface area (Å²) in [6.45, 7) is 0. The number of hydrogen-bond donors (Lipinski definition) is 1. The van der Waals surface area contributed by atoms with Gasteiger partial charge in [0.2, 0.25) is 18.2 Å². The zero-order valence-electron chi connectivity index (χ0n) is 13.1. The summed E-state index contributed by atoms with van der Waals surface area (Å²) in [4.78, 5) is 12.7. The Balaban J connectivity index is 1.57. The Kier molecular flexibility index (Phi) is 3.56. The molecule has 0 saturated carbocycles. The van der Waals surface area contributed by atoms with Gasteiger partial charge in [0.05, 0.1) is 17.3 Å². The van der Waals surface area contributed by atoms with Gasteiger partial charge in [-0.15, -0.1) is 15.3 Å². The standard InChI is InChI=1S/C16H16N6O2/c1-22-14-12(6-3-7-13(14)19-21-22)15(23)18-11-5-2-4-10(8-11)16-20-17-9-24-16/h2,4-5,8-9,12H,3,6-7H2,1H3,(H,18,23). The highest BCUT2D eigenvalue weighted by Crippen LogP contribution is 2.31. The van der Waals surface area contributed by atoms with Crippen LogP contribution in [0.25, 0.3) is 11.5 Å². The Morgan fingerprint density at radius 2 is 2.29 bits per heavy atom. The Hall–Kier alpha value is -3.03. The van der Waals surface area contributed by atoms with Crippen LogP contribution in [-0.4, -0.2) is 31.1 Å². The van der Waals surface area contributed by atoms with Crippen molar-refractivity contribution < 1.29 is 9.21 Å². The number of benzene rings is 1. The van der Waals surface area contributed by atoms with Crippen molar-refractivity contribution in [3.8, 4) is 11.5 Å². The molecule has 2 aromatic heterocycles. The van der Waals surface area contributed by atoms with Gasteiger partial charge in [-0.3, -0.25) is 9.48 Å². The zero-order chi connectivity index (χ0) is 16.5. The van der Waals surface area contributed by atoms with Crippen LogP contribution in [0.2, 0.25) is 0 Å². The molecule has 1 unspecified atom stereocenters. The molecule has 0 fully saturated rings. The van der Waals surface area contributed by atoms with Crippen LogP contribution in [0.5, 0.6) is 0 Å². The number of aryl methyl sites for hydroxylation is 2. The minimum absolute atomic E-state index is 0.0518.